The molecular formula is C20H18N4O. The summed E-state index contributed by atoms with van der Waals surface area (Å²) in [5, 5.41) is 6.18. The van der Waals surface area contributed by atoms with Crippen LogP contribution in [0.15, 0.2) is 67.1 Å². The fourth-order valence-corrected chi connectivity index (χ4v) is 3.11. The van der Waals surface area contributed by atoms with Crippen molar-refractivity contribution in [1.29, 1.82) is 0 Å². The molecule has 0 saturated carbocycles. The standard InChI is InChI=1S/C20H18N4O/c25-20(23-12-16-10-14-4-1-2-7-18(14)16)15-5-3-6-17(11-15)24-19-13-21-8-9-22-19/h1-9,11,13,16H,10,12H2,(H,22,24)(H,23,25). The minimum atomic E-state index is -0.0628. The van der Waals surface area contributed by atoms with Crippen molar-refractivity contribution >= 4 is 17.4 Å². The van der Waals surface area contributed by atoms with Gasteiger partial charge in [-0.05, 0) is 35.7 Å². The van der Waals surface area contributed by atoms with Crippen molar-refractivity contribution < 1.29 is 4.79 Å². The lowest BCUT2D eigenvalue weighted by Gasteiger charge is -2.30. The molecule has 2 aromatic carbocycles. The highest BCUT2D eigenvalue weighted by Gasteiger charge is 2.25. The normalized spacial score (nSPS) is 15.0. The monoisotopic (exact) mass is 330 g/mol. The van der Waals surface area contributed by atoms with E-state index in [2.05, 4.69) is 44.9 Å². The molecule has 0 bridgehead atoms. The molecule has 1 unspecified atom stereocenters. The number of carbonyl (C=O) groups is 1. The molecule has 1 heterocycles. The molecule has 1 aliphatic carbocycles. The molecule has 0 spiro atoms. The Labute approximate surface area is 146 Å². The lowest BCUT2D eigenvalue weighted by atomic mass is 9.77. The number of fused-ring (bicyclic) bond motifs is 1. The summed E-state index contributed by atoms with van der Waals surface area (Å²) in [6.45, 7) is 0.664. The van der Waals surface area contributed by atoms with Gasteiger partial charge in [0.25, 0.3) is 5.91 Å². The molecule has 1 amide bonds. The summed E-state index contributed by atoms with van der Waals surface area (Å²) in [4.78, 5) is 20.6. The first-order valence-electron chi connectivity index (χ1n) is 8.29. The van der Waals surface area contributed by atoms with E-state index in [1.54, 1.807) is 18.6 Å². The smallest absolute Gasteiger partial charge is 0.251 e. The minimum Gasteiger partial charge on any atom is -0.351 e. The summed E-state index contributed by atoms with van der Waals surface area (Å²) >= 11 is 0. The van der Waals surface area contributed by atoms with Gasteiger partial charge in [0.15, 0.2) is 0 Å². The van der Waals surface area contributed by atoms with Gasteiger partial charge in [-0.2, -0.15) is 0 Å². The fraction of sp³-hybridized carbons (Fsp3) is 0.150. The van der Waals surface area contributed by atoms with E-state index >= 15 is 0 Å². The van der Waals surface area contributed by atoms with Crippen LogP contribution in [-0.4, -0.2) is 22.4 Å². The molecule has 0 fully saturated rings. The Morgan fingerprint density at radius 3 is 2.88 bits per heavy atom. The Hall–Kier alpha value is -3.21. The number of anilines is 2. The lowest BCUT2D eigenvalue weighted by molar-refractivity contribution is 0.0950. The highest BCUT2D eigenvalue weighted by Crippen LogP contribution is 2.34. The molecule has 1 atom stereocenters. The zero-order chi connectivity index (χ0) is 17.1. The predicted molar refractivity (Wildman–Crippen MR) is 97.0 cm³/mol. The SMILES string of the molecule is O=C(NCC1Cc2ccccc21)c1cccc(Nc2cnccn2)c1. The van der Waals surface area contributed by atoms with Crippen molar-refractivity contribution in [3.63, 3.8) is 0 Å². The number of nitrogens with one attached hydrogen (secondary N) is 2. The second kappa shape index (κ2) is 6.73. The van der Waals surface area contributed by atoms with Crippen LogP contribution in [0, 0.1) is 0 Å². The fourth-order valence-electron chi connectivity index (χ4n) is 3.11. The molecule has 1 aromatic heterocycles. The van der Waals surface area contributed by atoms with E-state index in [1.165, 1.54) is 11.1 Å². The molecule has 5 nitrogen and oxygen atoms in total. The van der Waals surface area contributed by atoms with Crippen LogP contribution in [0.1, 0.15) is 27.4 Å². The summed E-state index contributed by atoms with van der Waals surface area (Å²) in [7, 11) is 0. The van der Waals surface area contributed by atoms with Crippen LogP contribution >= 0.6 is 0 Å². The molecule has 0 aliphatic heterocycles. The molecule has 4 rings (SSSR count). The molecule has 2 N–H and O–H groups in total. The number of carbonyl (C=O) groups excluding carboxylic acids is 1. The second-order valence-electron chi connectivity index (χ2n) is 6.11. The van der Waals surface area contributed by atoms with E-state index in [1.807, 2.05) is 24.3 Å². The van der Waals surface area contributed by atoms with Crippen LogP contribution in [0.25, 0.3) is 0 Å². The van der Waals surface area contributed by atoms with E-state index in [4.69, 9.17) is 0 Å². The Bertz CT molecular complexity index is 895. The zero-order valence-electron chi connectivity index (χ0n) is 13.6. The first-order valence-corrected chi connectivity index (χ1v) is 8.29. The van der Waals surface area contributed by atoms with E-state index in [-0.39, 0.29) is 5.91 Å². The molecular weight excluding hydrogens is 312 g/mol. The quantitative estimate of drug-likeness (QED) is 0.753. The third-order valence-electron chi connectivity index (χ3n) is 4.43. The highest BCUT2D eigenvalue weighted by molar-refractivity contribution is 5.95. The maximum absolute atomic E-state index is 12.4. The van der Waals surface area contributed by atoms with E-state index in [9.17, 15) is 4.79 Å². The number of amides is 1. The van der Waals surface area contributed by atoms with Crippen LogP contribution in [0.5, 0.6) is 0 Å². The molecule has 1 aliphatic rings. The summed E-state index contributed by atoms with van der Waals surface area (Å²) in [6.07, 6.45) is 5.91. The topological polar surface area (TPSA) is 66.9 Å². The summed E-state index contributed by atoms with van der Waals surface area (Å²) in [6, 6.07) is 15.8. The molecule has 5 heteroatoms. The Morgan fingerprint density at radius 1 is 1.12 bits per heavy atom. The van der Waals surface area contributed by atoms with Crippen molar-refractivity contribution in [2.75, 3.05) is 11.9 Å². The van der Waals surface area contributed by atoms with Gasteiger partial charge < -0.3 is 10.6 Å². The van der Waals surface area contributed by atoms with Crippen molar-refractivity contribution in [2.45, 2.75) is 12.3 Å². The molecule has 0 saturated heterocycles. The van der Waals surface area contributed by atoms with Crippen molar-refractivity contribution in [3.05, 3.63) is 83.8 Å². The lowest BCUT2D eigenvalue weighted by Crippen LogP contribution is -2.33. The number of aromatic nitrogens is 2. The number of nitrogens with zero attached hydrogens (tertiary/aromatic N) is 2. The average Bonchev–Trinajstić information content (AvgIpc) is 2.63. The van der Waals surface area contributed by atoms with E-state index < -0.39 is 0 Å². The number of hydrogen-bond acceptors (Lipinski definition) is 4. The molecule has 124 valence electrons. The second-order valence-corrected chi connectivity index (χ2v) is 6.11. The highest BCUT2D eigenvalue weighted by atomic mass is 16.1. The molecule has 25 heavy (non-hydrogen) atoms. The zero-order valence-corrected chi connectivity index (χ0v) is 13.6. The van der Waals surface area contributed by atoms with Gasteiger partial charge in [0.2, 0.25) is 0 Å². The molecule has 0 radical (unpaired) electrons. The van der Waals surface area contributed by atoms with Crippen molar-refractivity contribution in [2.24, 2.45) is 0 Å². The van der Waals surface area contributed by atoms with Crippen LogP contribution in [0.4, 0.5) is 11.5 Å². The summed E-state index contributed by atoms with van der Waals surface area (Å²) in [5.41, 5.74) is 4.17. The van der Waals surface area contributed by atoms with Gasteiger partial charge in [0, 0.05) is 36.1 Å². The average molecular weight is 330 g/mol. The van der Waals surface area contributed by atoms with Gasteiger partial charge in [0.05, 0.1) is 6.20 Å². The van der Waals surface area contributed by atoms with Crippen molar-refractivity contribution in [3.8, 4) is 0 Å². The van der Waals surface area contributed by atoms with E-state index in [0.29, 0.717) is 23.8 Å². The van der Waals surface area contributed by atoms with E-state index in [0.717, 1.165) is 12.1 Å². The van der Waals surface area contributed by atoms with Gasteiger partial charge in [-0.25, -0.2) is 4.98 Å². The Morgan fingerprint density at radius 2 is 2.04 bits per heavy atom. The number of rotatable bonds is 5. The minimum absolute atomic E-state index is 0.0628. The maximum Gasteiger partial charge on any atom is 0.251 e. The van der Waals surface area contributed by atoms with Crippen molar-refractivity contribution in [1.82, 2.24) is 15.3 Å². The van der Waals surface area contributed by atoms with Gasteiger partial charge in [-0.15, -0.1) is 0 Å². The van der Waals surface area contributed by atoms with Crippen LogP contribution < -0.4 is 10.6 Å². The van der Waals surface area contributed by atoms with Crippen LogP contribution in [0.2, 0.25) is 0 Å². The summed E-state index contributed by atoms with van der Waals surface area (Å²) in [5.74, 6) is 0.999. The number of benzene rings is 2. The summed E-state index contributed by atoms with van der Waals surface area (Å²) < 4.78 is 0. The van der Waals surface area contributed by atoms with Gasteiger partial charge in [-0.1, -0.05) is 30.3 Å². The Balaban J connectivity index is 1.38. The predicted octanol–water partition coefficient (Wildman–Crippen LogP) is 3.29. The van der Waals surface area contributed by atoms with Crippen LogP contribution in [0.3, 0.4) is 0 Å². The first kappa shape index (κ1) is 15.3. The first-order chi connectivity index (χ1) is 12.3. The largest absolute Gasteiger partial charge is 0.351 e. The van der Waals surface area contributed by atoms with Gasteiger partial charge in [0.1, 0.15) is 5.82 Å². The van der Waals surface area contributed by atoms with Gasteiger partial charge >= 0.3 is 0 Å². The molecule has 3 aromatic rings. The van der Waals surface area contributed by atoms with Gasteiger partial charge in [-0.3, -0.25) is 9.78 Å². The number of hydrogen-bond donors (Lipinski definition) is 2. The third-order valence-corrected chi connectivity index (χ3v) is 4.43. The maximum atomic E-state index is 12.4. The van der Waals surface area contributed by atoms with Crippen LogP contribution in [-0.2, 0) is 6.42 Å². The Kier molecular flexibility index (Phi) is 4.12. The third kappa shape index (κ3) is 3.35.